The molecule has 1 aliphatic rings. The third kappa shape index (κ3) is 5.52. The highest BCUT2D eigenvalue weighted by Gasteiger charge is 2.21. The summed E-state index contributed by atoms with van der Waals surface area (Å²) in [5.74, 6) is -0.102. The highest BCUT2D eigenvalue weighted by molar-refractivity contribution is 7.99. The minimum Gasteiger partial charge on any atom is -0.411 e. The number of piperazine rings is 1. The molecule has 1 saturated heterocycles. The molecule has 34 heavy (non-hydrogen) atoms. The van der Waals surface area contributed by atoms with E-state index in [9.17, 15) is 19.7 Å². The summed E-state index contributed by atoms with van der Waals surface area (Å²) >= 11 is 1.04. The number of thioether (sulfide) groups is 1. The Hall–Kier alpha value is -3.93. The molecule has 1 aromatic heterocycles. The van der Waals surface area contributed by atoms with Crippen LogP contribution in [0.15, 0.2) is 58.2 Å². The zero-order chi connectivity index (χ0) is 24.1. The molecule has 1 fully saturated rings. The normalized spacial score (nSPS) is 13.6. The number of hydrogen-bond acceptors (Lipinski definition) is 9. The summed E-state index contributed by atoms with van der Waals surface area (Å²) in [4.78, 5) is 38.5. The van der Waals surface area contributed by atoms with E-state index in [1.54, 1.807) is 19.1 Å². The van der Waals surface area contributed by atoms with Gasteiger partial charge in [0, 0.05) is 50.5 Å². The number of nitro groups is 1. The van der Waals surface area contributed by atoms with Crippen molar-refractivity contribution in [1.82, 2.24) is 15.1 Å². The van der Waals surface area contributed by atoms with Gasteiger partial charge in [-0.15, -0.1) is 10.2 Å². The van der Waals surface area contributed by atoms with Crippen LogP contribution in [0, 0.1) is 10.1 Å². The third-order valence-electron chi connectivity index (χ3n) is 5.31. The molecule has 0 atom stereocenters. The Morgan fingerprint density at radius 3 is 2.47 bits per heavy atom. The van der Waals surface area contributed by atoms with Crippen molar-refractivity contribution in [2.75, 3.05) is 42.1 Å². The first-order chi connectivity index (χ1) is 16.4. The number of benzene rings is 2. The topological polar surface area (TPSA) is 135 Å². The van der Waals surface area contributed by atoms with Gasteiger partial charge >= 0.3 is 0 Å². The molecule has 3 aromatic rings. The number of amides is 2. The van der Waals surface area contributed by atoms with Crippen LogP contribution in [0.25, 0.3) is 11.5 Å². The van der Waals surface area contributed by atoms with Crippen molar-refractivity contribution >= 4 is 40.6 Å². The molecule has 0 aliphatic carbocycles. The zero-order valence-corrected chi connectivity index (χ0v) is 19.2. The highest BCUT2D eigenvalue weighted by atomic mass is 32.2. The Labute approximate surface area is 199 Å². The van der Waals surface area contributed by atoms with Gasteiger partial charge in [0.2, 0.25) is 11.8 Å². The number of aromatic nitrogens is 2. The molecule has 0 spiro atoms. The van der Waals surface area contributed by atoms with E-state index >= 15 is 0 Å². The molecule has 11 nitrogen and oxygen atoms in total. The van der Waals surface area contributed by atoms with Crippen molar-refractivity contribution in [3.8, 4) is 11.5 Å². The van der Waals surface area contributed by atoms with Crippen molar-refractivity contribution in [3.05, 3.63) is 58.6 Å². The maximum Gasteiger partial charge on any atom is 0.282 e. The molecule has 0 unspecified atom stereocenters. The summed E-state index contributed by atoms with van der Waals surface area (Å²) in [6.07, 6.45) is 0. The van der Waals surface area contributed by atoms with Gasteiger partial charge in [-0.1, -0.05) is 23.9 Å². The summed E-state index contributed by atoms with van der Waals surface area (Å²) < 4.78 is 5.49. The van der Waals surface area contributed by atoms with E-state index in [1.807, 2.05) is 29.2 Å². The number of carbonyl (C=O) groups excluding carboxylic acids is 2. The van der Waals surface area contributed by atoms with Crippen LogP contribution in [-0.2, 0) is 9.59 Å². The van der Waals surface area contributed by atoms with Gasteiger partial charge < -0.3 is 19.5 Å². The SMILES string of the molecule is CC(=O)N1CCN(c2ccc(NC(=O)CSc3nnc(-c4ccccc4[N+](=O)[O-])o3)cc2)CC1. The van der Waals surface area contributed by atoms with E-state index in [2.05, 4.69) is 20.4 Å². The number of nitrogens with one attached hydrogen (secondary N) is 1. The first kappa shape index (κ1) is 23.2. The van der Waals surface area contributed by atoms with Gasteiger partial charge in [-0.3, -0.25) is 19.7 Å². The summed E-state index contributed by atoms with van der Waals surface area (Å²) in [5.41, 5.74) is 1.77. The average molecular weight is 483 g/mol. The average Bonchev–Trinajstić information content (AvgIpc) is 3.32. The lowest BCUT2D eigenvalue weighted by Gasteiger charge is -2.35. The largest absolute Gasteiger partial charge is 0.411 e. The van der Waals surface area contributed by atoms with Crippen LogP contribution >= 0.6 is 11.8 Å². The zero-order valence-electron chi connectivity index (χ0n) is 18.3. The molecule has 2 heterocycles. The Morgan fingerprint density at radius 1 is 1.09 bits per heavy atom. The maximum absolute atomic E-state index is 12.3. The number of para-hydroxylation sites is 1. The van der Waals surface area contributed by atoms with E-state index in [0.29, 0.717) is 18.8 Å². The number of nitrogens with zero attached hydrogens (tertiary/aromatic N) is 5. The smallest absolute Gasteiger partial charge is 0.282 e. The maximum atomic E-state index is 12.3. The standard InChI is InChI=1S/C22H22N6O5S/c1-15(29)26-10-12-27(13-11-26)17-8-6-16(7-9-17)23-20(30)14-34-22-25-24-21(33-22)18-4-2-3-5-19(18)28(31)32/h2-9H,10-14H2,1H3,(H,23,30). The molecule has 4 rings (SSSR count). The second kappa shape index (κ2) is 10.3. The van der Waals surface area contributed by atoms with Crippen LogP contribution < -0.4 is 10.2 Å². The molecule has 176 valence electrons. The van der Waals surface area contributed by atoms with Crippen molar-refractivity contribution < 1.29 is 18.9 Å². The molecule has 1 aliphatic heterocycles. The van der Waals surface area contributed by atoms with Crippen LogP contribution in [0.4, 0.5) is 17.1 Å². The molecular formula is C22H22N6O5S. The Bertz CT molecular complexity index is 1190. The lowest BCUT2D eigenvalue weighted by molar-refractivity contribution is -0.384. The van der Waals surface area contributed by atoms with Gasteiger partial charge in [0.1, 0.15) is 5.56 Å². The summed E-state index contributed by atoms with van der Waals surface area (Å²) in [6.45, 7) is 4.50. The number of rotatable bonds is 7. The van der Waals surface area contributed by atoms with E-state index in [0.717, 1.165) is 30.5 Å². The van der Waals surface area contributed by atoms with Gasteiger partial charge in [-0.05, 0) is 30.3 Å². The molecular weight excluding hydrogens is 460 g/mol. The molecule has 2 aromatic carbocycles. The number of nitro benzene ring substituents is 1. The quantitative estimate of drug-likeness (QED) is 0.306. The van der Waals surface area contributed by atoms with E-state index < -0.39 is 4.92 Å². The van der Waals surface area contributed by atoms with Crippen LogP contribution in [0.2, 0.25) is 0 Å². The fraction of sp³-hybridized carbons (Fsp3) is 0.273. The fourth-order valence-electron chi connectivity index (χ4n) is 3.55. The third-order valence-corrected chi connectivity index (χ3v) is 6.12. The lowest BCUT2D eigenvalue weighted by atomic mass is 10.2. The molecule has 2 amide bonds. The molecule has 12 heteroatoms. The minimum absolute atomic E-state index is 0.0231. The summed E-state index contributed by atoms with van der Waals surface area (Å²) in [7, 11) is 0. The van der Waals surface area contributed by atoms with Crippen LogP contribution in [0.5, 0.6) is 0 Å². The predicted octanol–water partition coefficient (Wildman–Crippen LogP) is 3.04. The van der Waals surface area contributed by atoms with Crippen LogP contribution in [0.1, 0.15) is 6.92 Å². The van der Waals surface area contributed by atoms with E-state index in [4.69, 9.17) is 4.42 Å². The van der Waals surface area contributed by atoms with E-state index in [1.165, 1.54) is 12.1 Å². The van der Waals surface area contributed by atoms with Gasteiger partial charge in [-0.2, -0.15) is 0 Å². The van der Waals surface area contributed by atoms with Crippen LogP contribution in [0.3, 0.4) is 0 Å². The molecule has 1 N–H and O–H groups in total. The minimum atomic E-state index is -0.517. The lowest BCUT2D eigenvalue weighted by Crippen LogP contribution is -2.48. The van der Waals surface area contributed by atoms with Crippen molar-refractivity contribution in [2.24, 2.45) is 0 Å². The Morgan fingerprint density at radius 2 is 1.79 bits per heavy atom. The van der Waals surface area contributed by atoms with Crippen molar-refractivity contribution in [1.29, 1.82) is 0 Å². The predicted molar refractivity (Wildman–Crippen MR) is 127 cm³/mol. The van der Waals surface area contributed by atoms with E-state index in [-0.39, 0.29) is 39.9 Å². The van der Waals surface area contributed by atoms with Gasteiger partial charge in [0.25, 0.3) is 16.8 Å². The highest BCUT2D eigenvalue weighted by Crippen LogP contribution is 2.30. The van der Waals surface area contributed by atoms with Gasteiger partial charge in [0.05, 0.1) is 10.7 Å². The summed E-state index contributed by atoms with van der Waals surface area (Å²) in [6, 6.07) is 13.6. The van der Waals surface area contributed by atoms with Crippen molar-refractivity contribution in [3.63, 3.8) is 0 Å². The fourth-order valence-corrected chi connectivity index (χ4v) is 4.11. The monoisotopic (exact) mass is 482 g/mol. The second-order valence-corrected chi connectivity index (χ2v) is 8.45. The Balaban J connectivity index is 1.29. The number of hydrogen-bond donors (Lipinski definition) is 1. The first-order valence-electron chi connectivity index (χ1n) is 10.5. The van der Waals surface area contributed by atoms with Gasteiger partial charge in [-0.25, -0.2) is 0 Å². The number of anilines is 2. The molecule has 0 radical (unpaired) electrons. The molecule has 0 saturated carbocycles. The Kier molecular flexibility index (Phi) is 7.07. The first-order valence-corrected chi connectivity index (χ1v) is 11.5. The van der Waals surface area contributed by atoms with Crippen molar-refractivity contribution in [2.45, 2.75) is 12.1 Å². The number of carbonyl (C=O) groups is 2. The molecule has 0 bridgehead atoms. The summed E-state index contributed by atoms with van der Waals surface area (Å²) in [5, 5.41) is 21.9. The van der Waals surface area contributed by atoms with Crippen LogP contribution in [-0.4, -0.2) is 63.8 Å². The second-order valence-electron chi connectivity index (χ2n) is 7.52. The van der Waals surface area contributed by atoms with Gasteiger partial charge in [0.15, 0.2) is 0 Å².